The van der Waals surface area contributed by atoms with Gasteiger partial charge in [0.25, 0.3) is 0 Å². The lowest BCUT2D eigenvalue weighted by Crippen LogP contribution is -2.48. The van der Waals surface area contributed by atoms with Crippen molar-refractivity contribution in [3.05, 3.63) is 42.2 Å². The molecule has 0 saturated carbocycles. The van der Waals surface area contributed by atoms with Crippen LogP contribution in [-0.4, -0.2) is 61.6 Å². The molecule has 23 heavy (non-hydrogen) atoms. The van der Waals surface area contributed by atoms with Crippen molar-refractivity contribution in [3.8, 4) is 5.75 Å². The summed E-state index contributed by atoms with van der Waals surface area (Å²) in [5, 5.41) is 6.30. The van der Waals surface area contributed by atoms with Crippen molar-refractivity contribution < 1.29 is 13.2 Å². The summed E-state index contributed by atoms with van der Waals surface area (Å²) >= 11 is 0. The summed E-state index contributed by atoms with van der Waals surface area (Å²) in [5.41, 5.74) is 0.990. The van der Waals surface area contributed by atoms with Crippen molar-refractivity contribution in [1.82, 2.24) is 19.4 Å². The van der Waals surface area contributed by atoms with Gasteiger partial charge in [-0.2, -0.15) is 9.40 Å². The Morgan fingerprint density at radius 2 is 2.09 bits per heavy atom. The lowest BCUT2D eigenvalue weighted by molar-refractivity contribution is 0.146. The van der Waals surface area contributed by atoms with E-state index in [2.05, 4.69) is 15.1 Å². The number of sulfonamides is 1. The highest BCUT2D eigenvalue weighted by atomic mass is 32.2. The van der Waals surface area contributed by atoms with Crippen LogP contribution in [0.25, 0.3) is 0 Å². The highest BCUT2D eigenvalue weighted by Crippen LogP contribution is 2.32. The summed E-state index contributed by atoms with van der Waals surface area (Å²) in [5.74, 6) is 0.770. The zero-order valence-electron chi connectivity index (χ0n) is 13.1. The number of aromatic nitrogens is 2. The summed E-state index contributed by atoms with van der Waals surface area (Å²) in [4.78, 5) is 2.35. The monoisotopic (exact) mass is 336 g/mol. The van der Waals surface area contributed by atoms with Gasteiger partial charge in [-0.15, -0.1) is 0 Å². The van der Waals surface area contributed by atoms with E-state index in [9.17, 15) is 8.42 Å². The van der Waals surface area contributed by atoms with Crippen molar-refractivity contribution in [1.29, 1.82) is 0 Å². The molecule has 1 atom stereocenters. The average molecular weight is 336 g/mol. The molecular weight excluding hydrogens is 316 g/mol. The molecule has 2 aromatic rings. The van der Waals surface area contributed by atoms with Gasteiger partial charge in [0.05, 0.1) is 19.3 Å². The van der Waals surface area contributed by atoms with Gasteiger partial charge in [0, 0.05) is 31.4 Å². The summed E-state index contributed by atoms with van der Waals surface area (Å²) < 4.78 is 32.3. The molecule has 1 N–H and O–H groups in total. The summed E-state index contributed by atoms with van der Waals surface area (Å²) in [6.45, 7) is 1.49. The van der Waals surface area contributed by atoms with Crippen LogP contribution in [0.2, 0.25) is 0 Å². The highest BCUT2D eigenvalue weighted by molar-refractivity contribution is 7.89. The van der Waals surface area contributed by atoms with Gasteiger partial charge in [-0.1, -0.05) is 18.2 Å². The van der Waals surface area contributed by atoms with E-state index in [-0.39, 0.29) is 10.9 Å². The third-order valence-corrected chi connectivity index (χ3v) is 6.05. The zero-order chi connectivity index (χ0) is 16.4. The molecule has 0 radical (unpaired) electrons. The van der Waals surface area contributed by atoms with Crippen LogP contribution in [-0.2, 0) is 10.0 Å². The first-order chi connectivity index (χ1) is 11.0. The number of H-pyrrole nitrogens is 1. The van der Waals surface area contributed by atoms with E-state index in [1.807, 2.05) is 31.3 Å². The maximum absolute atomic E-state index is 12.7. The molecule has 1 aliphatic heterocycles. The second-order valence-corrected chi connectivity index (χ2v) is 7.47. The molecule has 1 aromatic carbocycles. The molecule has 0 amide bonds. The van der Waals surface area contributed by atoms with Crippen LogP contribution < -0.4 is 4.74 Å². The molecule has 1 aromatic heterocycles. The summed E-state index contributed by atoms with van der Waals surface area (Å²) in [7, 11) is 0.0950. The van der Waals surface area contributed by atoms with E-state index >= 15 is 0 Å². The van der Waals surface area contributed by atoms with Crippen molar-refractivity contribution in [2.75, 3.05) is 33.8 Å². The van der Waals surface area contributed by atoms with E-state index in [4.69, 9.17) is 4.74 Å². The standard InChI is InChI=1S/C15H20N4O3S/c1-18-7-8-19(23(20,21)12-9-16-17-10-12)11-14(18)13-5-3-4-6-15(13)22-2/h3-6,9-10,14H,7-8,11H2,1-2H3,(H,16,17)/t14-/m1/s1. The van der Waals surface area contributed by atoms with E-state index in [1.165, 1.54) is 16.7 Å². The predicted octanol–water partition coefficient (Wildman–Crippen LogP) is 1.10. The van der Waals surface area contributed by atoms with Crippen LogP contribution >= 0.6 is 0 Å². The van der Waals surface area contributed by atoms with Gasteiger partial charge in [-0.3, -0.25) is 10.00 Å². The van der Waals surface area contributed by atoms with E-state index in [1.54, 1.807) is 7.11 Å². The van der Waals surface area contributed by atoms with Crippen molar-refractivity contribution in [2.24, 2.45) is 0 Å². The normalized spacial score (nSPS) is 20.5. The van der Waals surface area contributed by atoms with Gasteiger partial charge in [-0.05, 0) is 13.1 Å². The molecular formula is C15H20N4O3S. The number of methoxy groups -OCH3 is 1. The Morgan fingerprint density at radius 3 is 2.78 bits per heavy atom. The van der Waals surface area contributed by atoms with Crippen LogP contribution in [0.5, 0.6) is 5.75 Å². The smallest absolute Gasteiger partial charge is 0.246 e. The fourth-order valence-electron chi connectivity index (χ4n) is 2.87. The van der Waals surface area contributed by atoms with Gasteiger partial charge >= 0.3 is 0 Å². The molecule has 0 bridgehead atoms. The third kappa shape index (κ3) is 2.97. The third-order valence-electron chi connectivity index (χ3n) is 4.22. The minimum Gasteiger partial charge on any atom is -0.496 e. The number of benzene rings is 1. The molecule has 3 rings (SSSR count). The Hall–Kier alpha value is -1.90. The van der Waals surface area contributed by atoms with E-state index < -0.39 is 10.0 Å². The van der Waals surface area contributed by atoms with Gasteiger partial charge < -0.3 is 4.74 Å². The number of hydrogen-bond acceptors (Lipinski definition) is 5. The highest BCUT2D eigenvalue weighted by Gasteiger charge is 2.34. The van der Waals surface area contributed by atoms with Gasteiger partial charge in [0.15, 0.2) is 0 Å². The molecule has 1 aliphatic rings. The number of piperazine rings is 1. The fourth-order valence-corrected chi connectivity index (χ4v) is 4.22. The Balaban J connectivity index is 1.91. The second kappa shape index (κ2) is 6.31. The number of rotatable bonds is 4. The predicted molar refractivity (Wildman–Crippen MR) is 85.7 cm³/mol. The Bertz CT molecular complexity index is 761. The molecule has 0 unspecified atom stereocenters. The van der Waals surface area contributed by atoms with Gasteiger partial charge in [0.2, 0.25) is 10.0 Å². The molecule has 0 aliphatic carbocycles. The van der Waals surface area contributed by atoms with Crippen LogP contribution in [0.3, 0.4) is 0 Å². The Labute approximate surface area is 135 Å². The number of para-hydroxylation sites is 1. The number of aromatic amines is 1. The first kappa shape index (κ1) is 16.0. The molecule has 8 heteroatoms. The maximum atomic E-state index is 12.7. The van der Waals surface area contributed by atoms with Gasteiger partial charge in [0.1, 0.15) is 10.6 Å². The molecule has 0 spiro atoms. The van der Waals surface area contributed by atoms with Crippen LogP contribution in [0.4, 0.5) is 0 Å². The lowest BCUT2D eigenvalue weighted by atomic mass is 10.0. The molecule has 124 valence electrons. The van der Waals surface area contributed by atoms with E-state index in [0.717, 1.165) is 11.3 Å². The number of nitrogens with zero attached hydrogens (tertiary/aromatic N) is 3. The van der Waals surface area contributed by atoms with Crippen molar-refractivity contribution in [3.63, 3.8) is 0 Å². The maximum Gasteiger partial charge on any atom is 0.246 e. The number of hydrogen-bond donors (Lipinski definition) is 1. The fraction of sp³-hybridized carbons (Fsp3) is 0.400. The Kier molecular flexibility index (Phi) is 4.38. The lowest BCUT2D eigenvalue weighted by Gasteiger charge is -2.39. The van der Waals surface area contributed by atoms with Crippen LogP contribution in [0, 0.1) is 0 Å². The first-order valence-electron chi connectivity index (χ1n) is 7.36. The minimum atomic E-state index is -3.53. The zero-order valence-corrected chi connectivity index (χ0v) is 14.0. The topological polar surface area (TPSA) is 78.5 Å². The molecule has 7 nitrogen and oxygen atoms in total. The summed E-state index contributed by atoms with van der Waals surface area (Å²) in [6, 6.07) is 7.67. The quantitative estimate of drug-likeness (QED) is 0.904. The van der Waals surface area contributed by atoms with Crippen molar-refractivity contribution >= 4 is 10.0 Å². The average Bonchev–Trinajstić information content (AvgIpc) is 3.10. The van der Waals surface area contributed by atoms with Crippen LogP contribution in [0.1, 0.15) is 11.6 Å². The SMILES string of the molecule is COc1ccccc1[C@H]1CN(S(=O)(=O)c2cn[nH]c2)CCN1C. The van der Waals surface area contributed by atoms with Crippen molar-refractivity contribution in [2.45, 2.75) is 10.9 Å². The molecule has 1 saturated heterocycles. The number of ether oxygens (including phenoxy) is 1. The number of likely N-dealkylation sites (N-methyl/N-ethyl adjacent to an activating group) is 1. The van der Waals surface area contributed by atoms with Crippen LogP contribution in [0.15, 0.2) is 41.6 Å². The largest absolute Gasteiger partial charge is 0.496 e. The minimum absolute atomic E-state index is 0.0541. The van der Waals surface area contributed by atoms with Gasteiger partial charge in [-0.25, -0.2) is 8.42 Å². The summed E-state index contributed by atoms with van der Waals surface area (Å²) in [6.07, 6.45) is 2.75. The van der Waals surface area contributed by atoms with E-state index in [0.29, 0.717) is 19.6 Å². The first-order valence-corrected chi connectivity index (χ1v) is 8.80. The molecule has 1 fully saturated rings. The molecule has 2 heterocycles. The number of nitrogens with one attached hydrogen (secondary N) is 1. The second-order valence-electron chi connectivity index (χ2n) is 5.54. The Morgan fingerprint density at radius 1 is 1.30 bits per heavy atom.